The lowest BCUT2D eigenvalue weighted by atomic mass is 9.91. The SMILES string of the molecule is COc1cc(N2CCC(COc3cc4c(cn3)OCCC4CCOC(C)=O)CC2)c(OCC(F)(F)C(F)(F)F)cn1. The third-order valence-corrected chi connectivity index (χ3v) is 7.08. The van der Waals surface area contributed by atoms with Crippen molar-refractivity contribution in [2.45, 2.75) is 50.6 Å². The number of esters is 1. The van der Waals surface area contributed by atoms with Crippen LogP contribution in [0.3, 0.4) is 0 Å². The Balaban J connectivity index is 1.34. The van der Waals surface area contributed by atoms with Crippen molar-refractivity contribution < 1.29 is 50.4 Å². The first-order chi connectivity index (χ1) is 19.5. The molecule has 0 radical (unpaired) electrons. The first kappa shape index (κ1) is 30.4. The molecule has 2 aromatic heterocycles. The number of alkyl halides is 5. The summed E-state index contributed by atoms with van der Waals surface area (Å²) in [5, 5.41) is 0. The van der Waals surface area contributed by atoms with Gasteiger partial charge in [-0.3, -0.25) is 4.79 Å². The van der Waals surface area contributed by atoms with E-state index in [1.807, 2.05) is 11.0 Å². The smallest absolute Gasteiger partial charge is 0.456 e. The molecule has 1 saturated heterocycles. The van der Waals surface area contributed by atoms with Crippen LogP contribution in [-0.4, -0.2) is 74.7 Å². The Labute approximate surface area is 233 Å². The molecule has 4 heterocycles. The number of pyridine rings is 2. The van der Waals surface area contributed by atoms with E-state index in [1.165, 1.54) is 20.1 Å². The van der Waals surface area contributed by atoms with E-state index in [0.29, 0.717) is 69.5 Å². The highest BCUT2D eigenvalue weighted by molar-refractivity contribution is 5.65. The van der Waals surface area contributed by atoms with Gasteiger partial charge in [-0.1, -0.05) is 0 Å². The van der Waals surface area contributed by atoms with Crippen LogP contribution in [0.4, 0.5) is 27.6 Å². The summed E-state index contributed by atoms with van der Waals surface area (Å²) in [6.45, 7) is 1.74. The van der Waals surface area contributed by atoms with E-state index >= 15 is 0 Å². The summed E-state index contributed by atoms with van der Waals surface area (Å²) in [4.78, 5) is 21.2. The van der Waals surface area contributed by atoms with Gasteiger partial charge in [0.2, 0.25) is 11.8 Å². The summed E-state index contributed by atoms with van der Waals surface area (Å²) >= 11 is 0. The van der Waals surface area contributed by atoms with Gasteiger partial charge in [0.05, 0.1) is 45.0 Å². The number of anilines is 1. The number of ether oxygens (including phenoxy) is 5. The first-order valence-corrected chi connectivity index (χ1v) is 13.2. The lowest BCUT2D eigenvalue weighted by molar-refractivity contribution is -0.289. The number of halogens is 5. The normalized spacial score (nSPS) is 17.8. The lowest BCUT2D eigenvalue weighted by Crippen LogP contribution is -2.42. The van der Waals surface area contributed by atoms with Crippen LogP contribution < -0.4 is 23.8 Å². The van der Waals surface area contributed by atoms with Gasteiger partial charge in [0.15, 0.2) is 12.4 Å². The highest BCUT2D eigenvalue weighted by Gasteiger charge is 2.58. The minimum absolute atomic E-state index is 0.150. The zero-order chi connectivity index (χ0) is 29.6. The number of hydrogen-bond acceptors (Lipinski definition) is 9. The molecule has 0 aliphatic carbocycles. The number of carbonyl (C=O) groups excluding carboxylic acids is 1. The van der Waals surface area contributed by atoms with Crippen LogP contribution in [0.15, 0.2) is 24.5 Å². The fraction of sp³-hybridized carbons (Fsp3) is 0.593. The zero-order valence-electron chi connectivity index (χ0n) is 22.7. The van der Waals surface area contributed by atoms with E-state index in [0.717, 1.165) is 18.2 Å². The Hall–Kier alpha value is -3.58. The van der Waals surface area contributed by atoms with Crippen LogP contribution in [0, 0.1) is 5.92 Å². The molecule has 0 amide bonds. The van der Waals surface area contributed by atoms with E-state index < -0.39 is 18.7 Å². The molecule has 0 bridgehead atoms. The molecule has 41 heavy (non-hydrogen) atoms. The van der Waals surface area contributed by atoms with E-state index in [1.54, 1.807) is 6.20 Å². The molecule has 1 atom stereocenters. The molecular weight excluding hydrogens is 557 g/mol. The number of nitrogens with zero attached hydrogens (tertiary/aromatic N) is 3. The van der Waals surface area contributed by atoms with Gasteiger partial charge in [-0.05, 0) is 37.5 Å². The lowest BCUT2D eigenvalue weighted by Gasteiger charge is -2.34. The molecule has 2 aliphatic heterocycles. The maximum atomic E-state index is 13.5. The van der Waals surface area contributed by atoms with Crippen molar-refractivity contribution in [2.24, 2.45) is 5.92 Å². The van der Waals surface area contributed by atoms with E-state index in [4.69, 9.17) is 23.7 Å². The predicted molar refractivity (Wildman–Crippen MR) is 136 cm³/mol. The summed E-state index contributed by atoms with van der Waals surface area (Å²) in [6.07, 6.45) is -0.223. The Morgan fingerprint density at radius 1 is 1.05 bits per heavy atom. The second kappa shape index (κ2) is 12.9. The fourth-order valence-corrected chi connectivity index (χ4v) is 4.75. The van der Waals surface area contributed by atoms with Crippen LogP contribution in [-0.2, 0) is 9.53 Å². The van der Waals surface area contributed by atoms with E-state index in [2.05, 4.69) is 9.97 Å². The van der Waals surface area contributed by atoms with Gasteiger partial charge in [-0.25, -0.2) is 9.97 Å². The largest absolute Gasteiger partial charge is 0.492 e. The minimum Gasteiger partial charge on any atom is -0.492 e. The standard InChI is InChI=1S/C27H32F5N3O6/c1-17(36)38-9-5-19-6-10-39-22-13-34-25(11-20(19)22)40-15-18-3-7-35(8-4-18)21-12-24(37-2)33-14-23(21)41-16-26(28,29)27(30,31)32/h11-14,18-19H,3-10,15-16H2,1-2H3. The van der Waals surface area contributed by atoms with Gasteiger partial charge < -0.3 is 28.6 Å². The quantitative estimate of drug-likeness (QED) is 0.260. The molecule has 9 nitrogen and oxygen atoms in total. The Morgan fingerprint density at radius 3 is 2.46 bits per heavy atom. The topological polar surface area (TPSA) is 92.2 Å². The number of aromatic nitrogens is 2. The third-order valence-electron chi connectivity index (χ3n) is 7.08. The molecule has 0 spiro atoms. The van der Waals surface area contributed by atoms with Crippen molar-refractivity contribution in [1.29, 1.82) is 0 Å². The molecule has 1 fully saturated rings. The van der Waals surface area contributed by atoms with Gasteiger partial charge in [0.25, 0.3) is 0 Å². The highest BCUT2D eigenvalue weighted by Crippen LogP contribution is 2.39. The van der Waals surface area contributed by atoms with Crippen molar-refractivity contribution in [1.82, 2.24) is 9.97 Å². The first-order valence-electron chi connectivity index (χ1n) is 13.2. The summed E-state index contributed by atoms with van der Waals surface area (Å²) in [6, 6.07) is 3.31. The zero-order valence-corrected chi connectivity index (χ0v) is 22.7. The van der Waals surface area contributed by atoms with Gasteiger partial charge >= 0.3 is 18.1 Å². The molecular formula is C27H32F5N3O6. The second-order valence-electron chi connectivity index (χ2n) is 9.95. The van der Waals surface area contributed by atoms with Gasteiger partial charge in [0, 0.05) is 37.7 Å². The number of fused-ring (bicyclic) bond motifs is 1. The molecule has 0 N–H and O–H groups in total. The molecule has 226 valence electrons. The average Bonchev–Trinajstić information content (AvgIpc) is 2.94. The van der Waals surface area contributed by atoms with Crippen molar-refractivity contribution in [2.75, 3.05) is 51.5 Å². The molecule has 14 heteroatoms. The highest BCUT2D eigenvalue weighted by atomic mass is 19.4. The molecule has 1 unspecified atom stereocenters. The van der Waals surface area contributed by atoms with E-state index in [9.17, 15) is 26.7 Å². The van der Waals surface area contributed by atoms with Gasteiger partial charge in [-0.15, -0.1) is 0 Å². The van der Waals surface area contributed by atoms with Crippen molar-refractivity contribution >= 4 is 11.7 Å². The summed E-state index contributed by atoms with van der Waals surface area (Å²) in [5.41, 5.74) is 1.28. The maximum absolute atomic E-state index is 13.5. The van der Waals surface area contributed by atoms with Crippen LogP contribution >= 0.6 is 0 Å². The van der Waals surface area contributed by atoms with E-state index in [-0.39, 0.29) is 29.4 Å². The second-order valence-corrected chi connectivity index (χ2v) is 9.95. The summed E-state index contributed by atoms with van der Waals surface area (Å²) < 4.78 is 91.6. The predicted octanol–water partition coefficient (Wildman–Crippen LogP) is 5.18. The van der Waals surface area contributed by atoms with Crippen LogP contribution in [0.5, 0.6) is 23.3 Å². The average molecular weight is 590 g/mol. The summed E-state index contributed by atoms with van der Waals surface area (Å²) in [7, 11) is 1.37. The monoisotopic (exact) mass is 589 g/mol. The Kier molecular flexibility index (Phi) is 9.59. The molecule has 2 aliphatic rings. The maximum Gasteiger partial charge on any atom is 0.456 e. The van der Waals surface area contributed by atoms with Crippen molar-refractivity contribution in [3.8, 4) is 23.3 Å². The number of hydrogen-bond donors (Lipinski definition) is 0. The number of methoxy groups -OCH3 is 1. The summed E-state index contributed by atoms with van der Waals surface area (Å²) in [5.74, 6) is -3.90. The van der Waals surface area contributed by atoms with Crippen LogP contribution in [0.2, 0.25) is 0 Å². The Bertz CT molecular complexity index is 1190. The third kappa shape index (κ3) is 7.79. The minimum atomic E-state index is -5.73. The van der Waals surface area contributed by atoms with Gasteiger partial charge in [-0.2, -0.15) is 22.0 Å². The molecule has 2 aromatic rings. The Morgan fingerprint density at radius 2 is 1.78 bits per heavy atom. The molecule has 0 aromatic carbocycles. The number of piperidine rings is 1. The fourth-order valence-electron chi connectivity index (χ4n) is 4.75. The number of rotatable bonds is 11. The molecule has 0 saturated carbocycles. The van der Waals surface area contributed by atoms with Crippen LogP contribution in [0.25, 0.3) is 0 Å². The van der Waals surface area contributed by atoms with Crippen molar-refractivity contribution in [3.05, 3.63) is 30.1 Å². The van der Waals surface area contributed by atoms with Gasteiger partial charge in [0.1, 0.15) is 5.75 Å². The van der Waals surface area contributed by atoms with Crippen molar-refractivity contribution in [3.63, 3.8) is 0 Å². The molecule has 4 rings (SSSR count). The van der Waals surface area contributed by atoms with Crippen LogP contribution in [0.1, 0.15) is 44.1 Å². The number of carbonyl (C=O) groups is 1.